The average Bonchev–Trinajstić information content (AvgIpc) is 2.73. The van der Waals surface area contributed by atoms with Gasteiger partial charge in [-0.25, -0.2) is 0 Å². The Morgan fingerprint density at radius 3 is 2.50 bits per heavy atom. The van der Waals surface area contributed by atoms with Crippen LogP contribution in [0.15, 0.2) is 30.3 Å². The standard InChI is InChI=1S/C17H25N3/c1-14-17(11-6-12-18)15(2)20(19-14)13-7-10-16-8-4-3-5-9-16/h3-5,8-9H,6-7,10-13,18H2,1-2H3. The summed E-state index contributed by atoms with van der Waals surface area (Å²) in [6.07, 6.45) is 4.32. The Morgan fingerprint density at radius 1 is 1.05 bits per heavy atom. The Morgan fingerprint density at radius 2 is 1.80 bits per heavy atom. The lowest BCUT2D eigenvalue weighted by atomic mass is 10.1. The number of nitrogens with two attached hydrogens (primary N) is 1. The van der Waals surface area contributed by atoms with Gasteiger partial charge in [0.1, 0.15) is 0 Å². The third-order valence-corrected chi connectivity index (χ3v) is 3.84. The normalized spacial score (nSPS) is 10.9. The first kappa shape index (κ1) is 14.8. The van der Waals surface area contributed by atoms with E-state index >= 15 is 0 Å². The van der Waals surface area contributed by atoms with E-state index in [0.717, 1.165) is 44.5 Å². The molecule has 0 aliphatic heterocycles. The second kappa shape index (κ2) is 7.25. The van der Waals surface area contributed by atoms with Gasteiger partial charge in [-0.1, -0.05) is 30.3 Å². The summed E-state index contributed by atoms with van der Waals surface area (Å²) in [5.74, 6) is 0. The summed E-state index contributed by atoms with van der Waals surface area (Å²) >= 11 is 0. The summed E-state index contributed by atoms with van der Waals surface area (Å²) in [5, 5.41) is 4.67. The van der Waals surface area contributed by atoms with Crippen LogP contribution in [0.2, 0.25) is 0 Å². The van der Waals surface area contributed by atoms with Crippen LogP contribution in [-0.2, 0) is 19.4 Å². The van der Waals surface area contributed by atoms with E-state index < -0.39 is 0 Å². The fourth-order valence-corrected chi connectivity index (χ4v) is 2.67. The fourth-order valence-electron chi connectivity index (χ4n) is 2.67. The van der Waals surface area contributed by atoms with E-state index in [1.54, 1.807) is 0 Å². The highest BCUT2D eigenvalue weighted by molar-refractivity contribution is 5.24. The molecule has 0 saturated carbocycles. The van der Waals surface area contributed by atoms with E-state index in [2.05, 4.69) is 54.0 Å². The summed E-state index contributed by atoms with van der Waals surface area (Å²) in [5.41, 5.74) is 10.9. The summed E-state index contributed by atoms with van der Waals surface area (Å²) in [6.45, 7) is 6.02. The van der Waals surface area contributed by atoms with Crippen molar-refractivity contribution in [2.75, 3.05) is 6.54 Å². The molecule has 0 radical (unpaired) electrons. The molecule has 0 unspecified atom stereocenters. The van der Waals surface area contributed by atoms with E-state index in [1.807, 2.05) is 0 Å². The van der Waals surface area contributed by atoms with Gasteiger partial charge in [-0.3, -0.25) is 4.68 Å². The minimum absolute atomic E-state index is 0.748. The molecule has 0 aliphatic carbocycles. The number of aryl methyl sites for hydroxylation is 3. The molecule has 0 bridgehead atoms. The van der Waals surface area contributed by atoms with Crippen LogP contribution in [0.1, 0.15) is 35.4 Å². The predicted octanol–water partition coefficient (Wildman–Crippen LogP) is 3.02. The fraction of sp³-hybridized carbons (Fsp3) is 0.471. The topological polar surface area (TPSA) is 43.8 Å². The Kier molecular flexibility index (Phi) is 5.36. The van der Waals surface area contributed by atoms with Crippen molar-refractivity contribution >= 4 is 0 Å². The quantitative estimate of drug-likeness (QED) is 0.841. The van der Waals surface area contributed by atoms with Crippen molar-refractivity contribution in [1.29, 1.82) is 0 Å². The maximum Gasteiger partial charge on any atom is 0.0628 e. The number of nitrogens with zero attached hydrogens (tertiary/aromatic N) is 2. The molecule has 0 saturated heterocycles. The molecule has 20 heavy (non-hydrogen) atoms. The van der Waals surface area contributed by atoms with Crippen molar-refractivity contribution < 1.29 is 0 Å². The average molecular weight is 271 g/mol. The zero-order valence-electron chi connectivity index (χ0n) is 12.6. The monoisotopic (exact) mass is 271 g/mol. The molecule has 0 aliphatic rings. The van der Waals surface area contributed by atoms with Gasteiger partial charge in [0.25, 0.3) is 0 Å². The van der Waals surface area contributed by atoms with Gasteiger partial charge in [-0.15, -0.1) is 0 Å². The number of hydrogen-bond acceptors (Lipinski definition) is 2. The molecule has 0 fully saturated rings. The van der Waals surface area contributed by atoms with Crippen LogP contribution in [0.5, 0.6) is 0 Å². The molecule has 1 aromatic carbocycles. The molecule has 2 rings (SSSR count). The third-order valence-electron chi connectivity index (χ3n) is 3.84. The Hall–Kier alpha value is -1.61. The van der Waals surface area contributed by atoms with Crippen molar-refractivity contribution in [2.45, 2.75) is 46.1 Å². The van der Waals surface area contributed by atoms with Crippen LogP contribution >= 0.6 is 0 Å². The van der Waals surface area contributed by atoms with Crippen LogP contribution in [0.25, 0.3) is 0 Å². The van der Waals surface area contributed by atoms with Gasteiger partial charge in [0.2, 0.25) is 0 Å². The molecule has 1 aromatic heterocycles. The smallest absolute Gasteiger partial charge is 0.0628 e. The molecule has 0 amide bonds. The van der Waals surface area contributed by atoms with E-state index in [-0.39, 0.29) is 0 Å². The number of benzene rings is 1. The molecule has 3 nitrogen and oxygen atoms in total. The van der Waals surface area contributed by atoms with Crippen molar-refractivity contribution in [1.82, 2.24) is 9.78 Å². The van der Waals surface area contributed by atoms with Gasteiger partial charge in [0.15, 0.2) is 0 Å². The predicted molar refractivity (Wildman–Crippen MR) is 83.8 cm³/mol. The highest BCUT2D eigenvalue weighted by Gasteiger charge is 2.10. The number of hydrogen-bond donors (Lipinski definition) is 1. The maximum absolute atomic E-state index is 5.60. The minimum atomic E-state index is 0.748. The van der Waals surface area contributed by atoms with Crippen LogP contribution in [-0.4, -0.2) is 16.3 Å². The van der Waals surface area contributed by atoms with Gasteiger partial charge in [-0.05, 0) is 57.2 Å². The van der Waals surface area contributed by atoms with Gasteiger partial charge >= 0.3 is 0 Å². The lowest BCUT2D eigenvalue weighted by Crippen LogP contribution is -2.05. The Balaban J connectivity index is 1.93. The lowest BCUT2D eigenvalue weighted by Gasteiger charge is -2.06. The molecule has 1 heterocycles. The molecular weight excluding hydrogens is 246 g/mol. The van der Waals surface area contributed by atoms with E-state index in [9.17, 15) is 0 Å². The van der Waals surface area contributed by atoms with E-state index in [0.29, 0.717) is 0 Å². The highest BCUT2D eigenvalue weighted by Crippen LogP contribution is 2.15. The van der Waals surface area contributed by atoms with Crippen LogP contribution in [0.4, 0.5) is 0 Å². The van der Waals surface area contributed by atoms with Crippen molar-refractivity contribution in [3.63, 3.8) is 0 Å². The minimum Gasteiger partial charge on any atom is -0.330 e. The maximum atomic E-state index is 5.60. The number of rotatable bonds is 7. The third kappa shape index (κ3) is 3.70. The molecule has 2 N–H and O–H groups in total. The summed E-state index contributed by atoms with van der Waals surface area (Å²) < 4.78 is 2.16. The zero-order chi connectivity index (χ0) is 14.4. The van der Waals surface area contributed by atoms with E-state index in [1.165, 1.54) is 16.8 Å². The van der Waals surface area contributed by atoms with Crippen molar-refractivity contribution in [2.24, 2.45) is 5.73 Å². The Labute approximate surface area is 121 Å². The van der Waals surface area contributed by atoms with Crippen LogP contribution < -0.4 is 5.73 Å². The Bertz CT molecular complexity index is 529. The summed E-state index contributed by atoms with van der Waals surface area (Å²) in [7, 11) is 0. The second-order valence-corrected chi connectivity index (χ2v) is 5.35. The van der Waals surface area contributed by atoms with E-state index in [4.69, 9.17) is 5.73 Å². The first-order valence-corrected chi connectivity index (χ1v) is 7.49. The van der Waals surface area contributed by atoms with Crippen molar-refractivity contribution in [3.05, 3.63) is 52.8 Å². The molecule has 108 valence electrons. The van der Waals surface area contributed by atoms with Gasteiger partial charge < -0.3 is 5.73 Å². The van der Waals surface area contributed by atoms with Crippen molar-refractivity contribution in [3.8, 4) is 0 Å². The largest absolute Gasteiger partial charge is 0.330 e. The number of aromatic nitrogens is 2. The second-order valence-electron chi connectivity index (χ2n) is 5.35. The lowest BCUT2D eigenvalue weighted by molar-refractivity contribution is 0.561. The summed E-state index contributed by atoms with van der Waals surface area (Å²) in [4.78, 5) is 0. The SMILES string of the molecule is Cc1nn(CCCc2ccccc2)c(C)c1CCCN. The molecule has 3 heteroatoms. The van der Waals surface area contributed by atoms with Crippen LogP contribution in [0, 0.1) is 13.8 Å². The van der Waals surface area contributed by atoms with Crippen LogP contribution in [0.3, 0.4) is 0 Å². The summed E-state index contributed by atoms with van der Waals surface area (Å²) in [6, 6.07) is 10.6. The molecule has 2 aromatic rings. The zero-order valence-corrected chi connectivity index (χ0v) is 12.6. The highest BCUT2D eigenvalue weighted by atomic mass is 15.3. The molecular formula is C17H25N3. The van der Waals surface area contributed by atoms with Gasteiger partial charge in [0, 0.05) is 12.2 Å². The van der Waals surface area contributed by atoms with Gasteiger partial charge in [-0.2, -0.15) is 5.10 Å². The van der Waals surface area contributed by atoms with Gasteiger partial charge in [0.05, 0.1) is 5.69 Å². The molecule has 0 spiro atoms. The molecule has 0 atom stereocenters. The first-order valence-electron chi connectivity index (χ1n) is 7.49. The first-order chi connectivity index (χ1) is 9.72.